The number of urea groups is 1. The number of hydrogen-bond acceptors (Lipinski definition) is 4. The summed E-state index contributed by atoms with van der Waals surface area (Å²) < 4.78 is 45.0. The van der Waals surface area contributed by atoms with Crippen LogP contribution in [-0.4, -0.2) is 24.0 Å². The second-order valence-corrected chi connectivity index (χ2v) is 7.14. The molecule has 2 aromatic carbocycles. The van der Waals surface area contributed by atoms with Gasteiger partial charge in [0.05, 0.1) is 5.56 Å². The molecule has 0 fully saturated rings. The Kier molecular flexibility index (Phi) is 6.86. The fourth-order valence-electron chi connectivity index (χ4n) is 2.99. The lowest BCUT2D eigenvalue weighted by molar-refractivity contribution is -0.138. The monoisotopic (exact) mass is 458 g/mol. The third kappa shape index (κ3) is 6.00. The molecule has 0 radical (unpaired) electrons. The van der Waals surface area contributed by atoms with Crippen molar-refractivity contribution in [3.8, 4) is 11.5 Å². The number of hydrogen-bond donors (Lipinski definition) is 3. The molecule has 3 rings (SSSR count). The largest absolute Gasteiger partial charge is 0.457 e. The smallest absolute Gasteiger partial charge is 0.416 e. The maximum absolute atomic E-state index is 13.1. The van der Waals surface area contributed by atoms with Gasteiger partial charge in [0.25, 0.3) is 5.91 Å². The number of alkyl halides is 3. The average Bonchev–Trinajstić information content (AvgIpc) is 2.76. The van der Waals surface area contributed by atoms with E-state index in [1.165, 1.54) is 38.4 Å². The molecule has 1 heterocycles. The van der Waals surface area contributed by atoms with Gasteiger partial charge in [-0.3, -0.25) is 9.78 Å². The number of nitrogens with zero attached hydrogens (tertiary/aromatic N) is 1. The van der Waals surface area contributed by atoms with Crippen molar-refractivity contribution in [2.75, 3.05) is 17.7 Å². The molecule has 0 aliphatic carbocycles. The first-order valence-electron chi connectivity index (χ1n) is 9.79. The van der Waals surface area contributed by atoms with E-state index in [-0.39, 0.29) is 22.9 Å². The van der Waals surface area contributed by atoms with Crippen molar-refractivity contribution in [2.24, 2.45) is 0 Å². The highest BCUT2D eigenvalue weighted by Gasteiger charge is 2.32. The van der Waals surface area contributed by atoms with Crippen molar-refractivity contribution in [1.29, 1.82) is 0 Å². The molecule has 172 valence electrons. The lowest BCUT2D eigenvalue weighted by Crippen LogP contribution is -2.20. The van der Waals surface area contributed by atoms with Crippen molar-refractivity contribution in [3.63, 3.8) is 0 Å². The molecule has 0 spiro atoms. The van der Waals surface area contributed by atoms with Gasteiger partial charge < -0.3 is 20.7 Å². The number of nitrogens with one attached hydrogen (secondary N) is 3. The van der Waals surface area contributed by atoms with E-state index >= 15 is 0 Å². The molecule has 0 saturated carbocycles. The summed E-state index contributed by atoms with van der Waals surface area (Å²) in [6, 6.07) is 10.8. The molecular formula is C23H21F3N4O3. The summed E-state index contributed by atoms with van der Waals surface area (Å²) >= 11 is 0. The second-order valence-electron chi connectivity index (χ2n) is 7.14. The maximum Gasteiger partial charge on any atom is 0.416 e. The highest BCUT2D eigenvalue weighted by molar-refractivity contribution is 6.00. The number of ether oxygens (including phenoxy) is 1. The Labute approximate surface area is 188 Å². The minimum atomic E-state index is -4.51. The number of amides is 3. The zero-order valence-electron chi connectivity index (χ0n) is 18.0. The van der Waals surface area contributed by atoms with Crippen LogP contribution < -0.4 is 20.7 Å². The zero-order valence-corrected chi connectivity index (χ0v) is 18.0. The van der Waals surface area contributed by atoms with Crippen molar-refractivity contribution in [2.45, 2.75) is 20.0 Å². The van der Waals surface area contributed by atoms with Crippen LogP contribution in [0.3, 0.4) is 0 Å². The number of carbonyl (C=O) groups is 2. The predicted molar refractivity (Wildman–Crippen MR) is 118 cm³/mol. The van der Waals surface area contributed by atoms with Crippen LogP contribution in [-0.2, 0) is 6.18 Å². The summed E-state index contributed by atoms with van der Waals surface area (Å²) in [5, 5.41) is 7.46. The van der Waals surface area contributed by atoms with Crippen LogP contribution in [0, 0.1) is 13.8 Å². The molecule has 0 saturated heterocycles. The topological polar surface area (TPSA) is 92.4 Å². The number of carbonyl (C=O) groups excluding carboxylic acids is 2. The first kappa shape index (κ1) is 23.6. The molecule has 0 aliphatic rings. The Bertz CT molecular complexity index is 1200. The summed E-state index contributed by atoms with van der Waals surface area (Å²) in [5.74, 6) is 0.548. The molecule has 0 aliphatic heterocycles. The molecule has 0 unspecified atom stereocenters. The van der Waals surface area contributed by atoms with Gasteiger partial charge in [-0.15, -0.1) is 0 Å². The summed E-state index contributed by atoms with van der Waals surface area (Å²) in [4.78, 5) is 28.0. The number of aromatic nitrogens is 1. The van der Waals surface area contributed by atoms with Crippen LogP contribution >= 0.6 is 0 Å². The van der Waals surface area contributed by atoms with Crippen LogP contribution in [0.2, 0.25) is 0 Å². The number of pyridine rings is 1. The van der Waals surface area contributed by atoms with Gasteiger partial charge in [-0.25, -0.2) is 4.79 Å². The highest BCUT2D eigenvalue weighted by atomic mass is 19.4. The van der Waals surface area contributed by atoms with E-state index in [2.05, 4.69) is 20.9 Å². The lowest BCUT2D eigenvalue weighted by atomic mass is 10.1. The van der Waals surface area contributed by atoms with E-state index in [1.807, 2.05) is 0 Å². The Hall–Kier alpha value is -4.08. The Morgan fingerprint density at radius 3 is 2.21 bits per heavy atom. The van der Waals surface area contributed by atoms with Crippen molar-refractivity contribution in [3.05, 3.63) is 77.1 Å². The van der Waals surface area contributed by atoms with Crippen LogP contribution in [0.4, 0.5) is 29.3 Å². The second kappa shape index (κ2) is 9.60. The number of anilines is 2. The van der Waals surface area contributed by atoms with Crippen LogP contribution in [0.1, 0.15) is 27.2 Å². The molecule has 0 bridgehead atoms. The third-order valence-electron chi connectivity index (χ3n) is 4.65. The fourth-order valence-corrected chi connectivity index (χ4v) is 2.99. The molecular weight excluding hydrogens is 437 g/mol. The lowest BCUT2D eigenvalue weighted by Gasteiger charge is -2.14. The van der Waals surface area contributed by atoms with Crippen molar-refractivity contribution in [1.82, 2.24) is 10.3 Å². The van der Waals surface area contributed by atoms with Crippen LogP contribution in [0.5, 0.6) is 11.5 Å². The highest BCUT2D eigenvalue weighted by Crippen LogP contribution is 2.33. The van der Waals surface area contributed by atoms with Crippen LogP contribution in [0.15, 0.2) is 54.7 Å². The van der Waals surface area contributed by atoms with E-state index < -0.39 is 17.8 Å². The quantitative estimate of drug-likeness (QED) is 0.470. The molecule has 3 amide bonds. The normalized spacial score (nSPS) is 11.0. The van der Waals surface area contributed by atoms with Gasteiger partial charge in [-0.1, -0.05) is 6.07 Å². The van der Waals surface area contributed by atoms with Crippen molar-refractivity contribution >= 4 is 23.3 Å². The standard InChI is InChI=1S/C23H21F3N4O3/c1-13-4-5-16(11-18(13)23(24,25)26)30-22(32)29-15-6-7-20(14(2)10-15)33-17-8-9-28-19(12-17)21(31)27-3/h4-12H,1-3H3,(H,27,31)(H2,29,30,32). The van der Waals surface area contributed by atoms with Crippen LogP contribution in [0.25, 0.3) is 0 Å². The summed E-state index contributed by atoms with van der Waals surface area (Å²) in [5.41, 5.74) is 0.575. The molecule has 7 nitrogen and oxygen atoms in total. The van der Waals surface area contributed by atoms with Gasteiger partial charge in [-0.2, -0.15) is 13.2 Å². The van der Waals surface area contributed by atoms with E-state index in [0.29, 0.717) is 22.7 Å². The van der Waals surface area contributed by atoms with Gasteiger partial charge in [0.15, 0.2) is 0 Å². The predicted octanol–water partition coefficient (Wildman–Crippen LogP) is 5.51. The number of aryl methyl sites for hydroxylation is 2. The number of halogens is 3. The number of benzene rings is 2. The van der Waals surface area contributed by atoms with E-state index in [1.54, 1.807) is 31.2 Å². The van der Waals surface area contributed by atoms with Gasteiger partial charge in [-0.05, 0) is 61.4 Å². The maximum atomic E-state index is 13.1. The summed E-state index contributed by atoms with van der Waals surface area (Å²) in [7, 11) is 1.50. The SMILES string of the molecule is CNC(=O)c1cc(Oc2ccc(NC(=O)Nc3ccc(C)c(C(F)(F)F)c3)cc2C)ccn1. The first-order chi connectivity index (χ1) is 15.6. The van der Waals surface area contributed by atoms with Crippen molar-refractivity contribution < 1.29 is 27.5 Å². The van der Waals surface area contributed by atoms with E-state index in [9.17, 15) is 22.8 Å². The Morgan fingerprint density at radius 1 is 0.909 bits per heavy atom. The van der Waals surface area contributed by atoms with E-state index in [4.69, 9.17) is 4.74 Å². The third-order valence-corrected chi connectivity index (χ3v) is 4.65. The average molecular weight is 458 g/mol. The molecule has 1 aromatic heterocycles. The molecule has 0 atom stereocenters. The molecule has 3 aromatic rings. The summed E-state index contributed by atoms with van der Waals surface area (Å²) in [6.45, 7) is 3.11. The fraction of sp³-hybridized carbons (Fsp3) is 0.174. The molecule has 10 heteroatoms. The van der Waals surface area contributed by atoms with Gasteiger partial charge in [0.1, 0.15) is 17.2 Å². The minimum Gasteiger partial charge on any atom is -0.457 e. The molecule has 3 N–H and O–H groups in total. The Morgan fingerprint density at radius 2 is 1.58 bits per heavy atom. The van der Waals surface area contributed by atoms with Gasteiger partial charge in [0, 0.05) is 30.7 Å². The summed E-state index contributed by atoms with van der Waals surface area (Å²) in [6.07, 6.45) is -3.06. The molecule has 33 heavy (non-hydrogen) atoms. The van der Waals surface area contributed by atoms with Gasteiger partial charge >= 0.3 is 12.2 Å². The first-order valence-corrected chi connectivity index (χ1v) is 9.79. The Balaban J connectivity index is 1.68. The number of rotatable bonds is 5. The minimum absolute atomic E-state index is 0.0201. The van der Waals surface area contributed by atoms with E-state index in [0.717, 1.165) is 6.07 Å². The van der Waals surface area contributed by atoms with Gasteiger partial charge in [0.2, 0.25) is 0 Å². The zero-order chi connectivity index (χ0) is 24.2.